The van der Waals surface area contributed by atoms with Gasteiger partial charge in [-0.2, -0.15) is 0 Å². The summed E-state index contributed by atoms with van der Waals surface area (Å²) in [6.45, 7) is 3.07. The van der Waals surface area contributed by atoms with Crippen molar-refractivity contribution in [2.75, 3.05) is 11.9 Å². The Morgan fingerprint density at radius 1 is 1.19 bits per heavy atom. The van der Waals surface area contributed by atoms with E-state index in [2.05, 4.69) is 46.5 Å². The first kappa shape index (κ1) is 10.6. The molecule has 0 amide bonds. The van der Waals surface area contributed by atoms with Gasteiger partial charge in [-0.05, 0) is 17.5 Å². The van der Waals surface area contributed by atoms with Crippen molar-refractivity contribution in [3.8, 4) is 0 Å². The topological polar surface area (TPSA) is 37.8 Å². The number of nitrogens with one attached hydrogen (secondary N) is 1. The van der Waals surface area contributed by atoms with Crippen LogP contribution < -0.4 is 5.32 Å². The molecule has 1 N–H and O–H groups in total. The van der Waals surface area contributed by atoms with Crippen LogP contribution in [0.1, 0.15) is 18.4 Å². The quantitative estimate of drug-likeness (QED) is 0.848. The van der Waals surface area contributed by atoms with Crippen LogP contribution in [0.5, 0.6) is 0 Å². The van der Waals surface area contributed by atoms with Crippen molar-refractivity contribution in [1.29, 1.82) is 0 Å². The molecule has 1 heterocycles. The lowest BCUT2D eigenvalue weighted by molar-refractivity contribution is 0.801. The second-order valence-electron chi connectivity index (χ2n) is 3.79. The zero-order valence-corrected chi connectivity index (χ0v) is 9.30. The van der Waals surface area contributed by atoms with E-state index in [-0.39, 0.29) is 0 Å². The number of anilines is 1. The van der Waals surface area contributed by atoms with Gasteiger partial charge in [0.1, 0.15) is 12.1 Å². The number of hydrogen-bond acceptors (Lipinski definition) is 3. The zero-order valence-electron chi connectivity index (χ0n) is 9.30. The van der Waals surface area contributed by atoms with Gasteiger partial charge in [0, 0.05) is 12.7 Å². The highest BCUT2D eigenvalue weighted by molar-refractivity contribution is 5.32. The van der Waals surface area contributed by atoms with E-state index in [9.17, 15) is 0 Å². The Bertz CT molecular complexity index is 414. The van der Waals surface area contributed by atoms with E-state index in [1.165, 1.54) is 5.56 Å². The van der Waals surface area contributed by atoms with E-state index >= 15 is 0 Å². The molecule has 1 aromatic carbocycles. The second kappa shape index (κ2) is 5.26. The largest absolute Gasteiger partial charge is 0.369 e. The van der Waals surface area contributed by atoms with Gasteiger partial charge in [-0.3, -0.25) is 0 Å². The van der Waals surface area contributed by atoms with Gasteiger partial charge in [-0.15, -0.1) is 0 Å². The maximum atomic E-state index is 4.12. The molecule has 3 heteroatoms. The minimum Gasteiger partial charge on any atom is -0.369 e. The van der Waals surface area contributed by atoms with Crippen LogP contribution in [-0.4, -0.2) is 16.5 Å². The lowest BCUT2D eigenvalue weighted by atomic mass is 10.0. The third kappa shape index (κ3) is 2.79. The van der Waals surface area contributed by atoms with Gasteiger partial charge in [0.2, 0.25) is 0 Å². The van der Waals surface area contributed by atoms with Crippen molar-refractivity contribution in [3.63, 3.8) is 0 Å². The molecular formula is C13H15N3. The number of nitrogens with zero attached hydrogens (tertiary/aromatic N) is 2. The van der Waals surface area contributed by atoms with Crippen LogP contribution in [0.4, 0.5) is 5.82 Å². The summed E-state index contributed by atoms with van der Waals surface area (Å²) in [6, 6.07) is 12.3. The third-order valence-corrected chi connectivity index (χ3v) is 2.54. The van der Waals surface area contributed by atoms with Crippen molar-refractivity contribution < 1.29 is 0 Å². The molecule has 0 saturated heterocycles. The molecule has 0 aliphatic carbocycles. The first-order chi connectivity index (χ1) is 7.86. The summed E-state index contributed by atoms with van der Waals surface area (Å²) in [5.41, 5.74) is 1.34. The molecule has 0 radical (unpaired) electrons. The summed E-state index contributed by atoms with van der Waals surface area (Å²) in [5, 5.41) is 3.29. The Kier molecular flexibility index (Phi) is 3.49. The van der Waals surface area contributed by atoms with Crippen molar-refractivity contribution in [2.45, 2.75) is 12.8 Å². The molecule has 0 bridgehead atoms. The molecule has 16 heavy (non-hydrogen) atoms. The number of benzene rings is 1. The maximum Gasteiger partial charge on any atom is 0.129 e. The van der Waals surface area contributed by atoms with Crippen LogP contribution in [0.2, 0.25) is 0 Å². The Labute approximate surface area is 95.6 Å². The lowest BCUT2D eigenvalue weighted by Gasteiger charge is -2.12. The third-order valence-electron chi connectivity index (χ3n) is 2.54. The Balaban J connectivity index is 1.92. The number of rotatable bonds is 4. The van der Waals surface area contributed by atoms with E-state index in [4.69, 9.17) is 0 Å². The normalized spacial score (nSPS) is 12.1. The van der Waals surface area contributed by atoms with E-state index in [0.29, 0.717) is 5.92 Å². The first-order valence-electron chi connectivity index (χ1n) is 5.41. The summed E-state index contributed by atoms with van der Waals surface area (Å²) >= 11 is 0. The Hall–Kier alpha value is -1.90. The Morgan fingerprint density at radius 3 is 2.69 bits per heavy atom. The van der Waals surface area contributed by atoms with Crippen LogP contribution in [0, 0.1) is 0 Å². The minimum atomic E-state index is 0.469. The zero-order chi connectivity index (χ0) is 11.2. The molecule has 0 aliphatic rings. The molecule has 2 aromatic rings. The van der Waals surface area contributed by atoms with Gasteiger partial charge >= 0.3 is 0 Å². The van der Waals surface area contributed by atoms with Crippen LogP contribution in [0.15, 0.2) is 48.9 Å². The van der Waals surface area contributed by atoms with Crippen molar-refractivity contribution in [1.82, 2.24) is 9.97 Å². The fourth-order valence-corrected chi connectivity index (χ4v) is 1.55. The first-order valence-corrected chi connectivity index (χ1v) is 5.41. The summed E-state index contributed by atoms with van der Waals surface area (Å²) in [7, 11) is 0. The summed E-state index contributed by atoms with van der Waals surface area (Å²) < 4.78 is 0. The van der Waals surface area contributed by atoms with Crippen LogP contribution >= 0.6 is 0 Å². The molecule has 2 rings (SSSR count). The van der Waals surface area contributed by atoms with Crippen molar-refractivity contribution in [2.24, 2.45) is 0 Å². The van der Waals surface area contributed by atoms with Gasteiger partial charge in [0.25, 0.3) is 0 Å². The lowest BCUT2D eigenvalue weighted by Crippen LogP contribution is -2.10. The van der Waals surface area contributed by atoms with Gasteiger partial charge in [0.05, 0.1) is 0 Å². The standard InChI is InChI=1S/C13H15N3/c1-11(12-5-3-2-4-6-12)9-15-13-7-8-14-10-16-13/h2-8,10-11H,9H2,1H3,(H,14,15,16). The van der Waals surface area contributed by atoms with Gasteiger partial charge < -0.3 is 5.32 Å². The smallest absolute Gasteiger partial charge is 0.129 e. The van der Waals surface area contributed by atoms with Crippen molar-refractivity contribution in [3.05, 3.63) is 54.5 Å². The summed E-state index contributed by atoms with van der Waals surface area (Å²) in [4.78, 5) is 8.00. The average molecular weight is 213 g/mol. The predicted molar refractivity (Wildman–Crippen MR) is 65.4 cm³/mol. The SMILES string of the molecule is CC(CNc1ccncn1)c1ccccc1. The molecule has 3 nitrogen and oxygen atoms in total. The molecule has 82 valence electrons. The summed E-state index contributed by atoms with van der Waals surface area (Å²) in [5.74, 6) is 1.34. The molecule has 0 fully saturated rings. The maximum absolute atomic E-state index is 4.12. The van der Waals surface area contributed by atoms with E-state index in [1.54, 1.807) is 12.5 Å². The molecule has 0 aliphatic heterocycles. The predicted octanol–water partition coefficient (Wildman–Crippen LogP) is 2.69. The molecule has 0 spiro atoms. The van der Waals surface area contributed by atoms with E-state index < -0.39 is 0 Å². The molecular weight excluding hydrogens is 198 g/mol. The highest BCUT2D eigenvalue weighted by Crippen LogP contribution is 2.14. The fourth-order valence-electron chi connectivity index (χ4n) is 1.55. The molecule has 1 unspecified atom stereocenters. The van der Waals surface area contributed by atoms with Crippen LogP contribution in [0.25, 0.3) is 0 Å². The molecule has 0 saturated carbocycles. The average Bonchev–Trinajstić information content (AvgIpc) is 2.38. The minimum absolute atomic E-state index is 0.469. The van der Waals surface area contributed by atoms with Crippen LogP contribution in [-0.2, 0) is 0 Å². The van der Waals surface area contributed by atoms with Gasteiger partial charge in [0.15, 0.2) is 0 Å². The van der Waals surface area contributed by atoms with Crippen LogP contribution in [0.3, 0.4) is 0 Å². The Morgan fingerprint density at radius 2 is 2.00 bits per heavy atom. The molecule has 1 aromatic heterocycles. The second-order valence-corrected chi connectivity index (χ2v) is 3.79. The highest BCUT2D eigenvalue weighted by Gasteiger charge is 2.04. The summed E-state index contributed by atoms with van der Waals surface area (Å²) in [6.07, 6.45) is 3.29. The van der Waals surface area contributed by atoms with Gasteiger partial charge in [-0.1, -0.05) is 37.3 Å². The monoisotopic (exact) mass is 213 g/mol. The van der Waals surface area contributed by atoms with E-state index in [1.807, 2.05) is 12.1 Å². The van der Waals surface area contributed by atoms with Gasteiger partial charge in [-0.25, -0.2) is 9.97 Å². The number of aromatic nitrogens is 2. The van der Waals surface area contributed by atoms with Crippen molar-refractivity contribution >= 4 is 5.82 Å². The highest BCUT2D eigenvalue weighted by atomic mass is 15.0. The fraction of sp³-hybridized carbons (Fsp3) is 0.231. The molecule has 1 atom stereocenters. The number of hydrogen-bond donors (Lipinski definition) is 1. The van der Waals surface area contributed by atoms with E-state index in [0.717, 1.165) is 12.4 Å².